The summed E-state index contributed by atoms with van der Waals surface area (Å²) in [5.41, 5.74) is 9.57. The van der Waals surface area contributed by atoms with Crippen molar-refractivity contribution >= 4 is 46.4 Å². The standard InChI is InChI=1S/C44H59N7O6S/c1-8-50-37-18-17-31(22-33(37)34(24-44(4,5)26-57-27-52)41(50)32-16-13-19-45-39(32)28(2)56-7)36-25-58-38(47-36)23-35(43(55)51-21-12-11-20-46-51)48-42(54)40(49(6)29(3)53)30-14-9-10-15-30/h13,16-19,22,25,27-28,30,35,40,46H,8-12,14-15,20-21,23-24,26H2,1-7H3,(H,48,54). The Bertz CT molecular complexity index is 2080. The first kappa shape index (κ1) is 42.9. The Morgan fingerprint density at radius 3 is 2.60 bits per heavy atom. The molecule has 1 aliphatic heterocycles. The number of fused-ring (bicyclic) bond motifs is 1. The van der Waals surface area contributed by atoms with Crippen LogP contribution in [0.15, 0.2) is 41.9 Å². The topological polar surface area (TPSA) is 148 Å². The second-order valence-corrected chi connectivity index (χ2v) is 17.4. The van der Waals surface area contributed by atoms with Gasteiger partial charge in [0.05, 0.1) is 34.8 Å². The minimum Gasteiger partial charge on any atom is -0.467 e. The Morgan fingerprint density at radius 2 is 1.93 bits per heavy atom. The predicted molar refractivity (Wildman–Crippen MR) is 226 cm³/mol. The molecule has 1 aromatic carbocycles. The number of nitrogens with one attached hydrogen (secondary N) is 2. The number of methoxy groups -OCH3 is 1. The van der Waals surface area contributed by atoms with E-state index in [4.69, 9.17) is 19.4 Å². The Morgan fingerprint density at radius 1 is 1.16 bits per heavy atom. The van der Waals surface area contributed by atoms with Crippen LogP contribution in [0.25, 0.3) is 33.4 Å². The number of ether oxygens (including phenoxy) is 2. The fourth-order valence-corrected chi connectivity index (χ4v) is 9.50. The third-order valence-electron chi connectivity index (χ3n) is 11.8. The van der Waals surface area contributed by atoms with E-state index in [1.54, 1.807) is 25.4 Å². The molecule has 312 valence electrons. The summed E-state index contributed by atoms with van der Waals surface area (Å²) in [6.45, 7) is 12.5. The number of carbonyl (C=O) groups excluding carboxylic acids is 4. The average Bonchev–Trinajstić information content (AvgIpc) is 3.99. The molecule has 3 aromatic heterocycles. The minimum atomic E-state index is -0.865. The van der Waals surface area contributed by atoms with Crippen LogP contribution in [0.4, 0.5) is 0 Å². The molecule has 2 N–H and O–H groups in total. The smallest absolute Gasteiger partial charge is 0.293 e. The van der Waals surface area contributed by atoms with E-state index in [-0.39, 0.29) is 48.2 Å². The number of carbonyl (C=O) groups is 4. The summed E-state index contributed by atoms with van der Waals surface area (Å²) in [4.78, 5) is 63.4. The zero-order valence-electron chi connectivity index (χ0n) is 35.0. The summed E-state index contributed by atoms with van der Waals surface area (Å²) in [6.07, 6.45) is 8.00. The summed E-state index contributed by atoms with van der Waals surface area (Å²) in [7, 11) is 3.36. The lowest BCUT2D eigenvalue weighted by Gasteiger charge is -2.34. The van der Waals surface area contributed by atoms with Gasteiger partial charge in [0.1, 0.15) is 12.1 Å². The quantitative estimate of drug-likeness (QED) is 0.114. The molecule has 2 fully saturated rings. The van der Waals surface area contributed by atoms with E-state index in [1.807, 2.05) is 18.4 Å². The maximum absolute atomic E-state index is 14.1. The van der Waals surface area contributed by atoms with Crippen LogP contribution < -0.4 is 10.7 Å². The van der Waals surface area contributed by atoms with Gasteiger partial charge >= 0.3 is 0 Å². The van der Waals surface area contributed by atoms with E-state index in [1.165, 1.54) is 23.2 Å². The van der Waals surface area contributed by atoms with Crippen LogP contribution in [-0.2, 0) is 48.0 Å². The molecule has 1 saturated carbocycles. The van der Waals surface area contributed by atoms with Gasteiger partial charge in [-0.1, -0.05) is 32.8 Å². The van der Waals surface area contributed by atoms with E-state index < -0.39 is 12.1 Å². The first-order chi connectivity index (χ1) is 27.9. The highest BCUT2D eigenvalue weighted by atomic mass is 32.1. The van der Waals surface area contributed by atoms with Crippen molar-refractivity contribution in [3.8, 4) is 22.5 Å². The second-order valence-electron chi connectivity index (χ2n) is 16.5. The molecule has 1 saturated heterocycles. The molecule has 0 spiro atoms. The van der Waals surface area contributed by atoms with E-state index >= 15 is 0 Å². The first-order valence-corrected chi connectivity index (χ1v) is 21.5. The maximum atomic E-state index is 14.1. The normalized spacial score (nSPS) is 16.6. The van der Waals surface area contributed by atoms with Crippen LogP contribution in [0.2, 0.25) is 0 Å². The minimum absolute atomic E-state index is 0.0448. The Balaban J connectivity index is 1.37. The predicted octanol–water partition coefficient (Wildman–Crippen LogP) is 6.49. The van der Waals surface area contributed by atoms with Gasteiger partial charge in [0, 0.05) is 86.2 Å². The number of aryl methyl sites for hydroxylation is 1. The lowest BCUT2D eigenvalue weighted by atomic mass is 9.84. The van der Waals surface area contributed by atoms with Crippen LogP contribution in [0.5, 0.6) is 0 Å². The Labute approximate surface area is 345 Å². The highest BCUT2D eigenvalue weighted by molar-refractivity contribution is 7.10. The number of benzene rings is 1. The summed E-state index contributed by atoms with van der Waals surface area (Å²) in [5.74, 6) is -0.645. The molecular weight excluding hydrogens is 755 g/mol. The molecule has 4 aromatic rings. The summed E-state index contributed by atoms with van der Waals surface area (Å²) < 4.78 is 13.4. The molecule has 1 aliphatic carbocycles. The van der Waals surface area contributed by atoms with E-state index in [0.717, 1.165) is 88.2 Å². The molecule has 13 nitrogen and oxygen atoms in total. The largest absolute Gasteiger partial charge is 0.467 e. The third kappa shape index (κ3) is 9.45. The number of amides is 3. The Kier molecular flexibility index (Phi) is 14.0. The van der Waals surface area contributed by atoms with Gasteiger partial charge in [0.2, 0.25) is 11.8 Å². The number of hydrogen-bond donors (Lipinski definition) is 2. The number of nitrogens with zero attached hydrogens (tertiary/aromatic N) is 5. The summed E-state index contributed by atoms with van der Waals surface area (Å²) >= 11 is 1.46. The number of rotatable bonds is 17. The number of likely N-dealkylation sites (N-methyl/N-ethyl adjacent to an activating group) is 1. The zero-order valence-corrected chi connectivity index (χ0v) is 35.8. The molecule has 6 rings (SSSR count). The van der Waals surface area contributed by atoms with Crippen molar-refractivity contribution in [1.82, 2.24) is 35.2 Å². The molecule has 58 heavy (non-hydrogen) atoms. The van der Waals surface area contributed by atoms with Gasteiger partial charge in [0.15, 0.2) is 0 Å². The monoisotopic (exact) mass is 813 g/mol. The molecule has 3 amide bonds. The number of thiazole rings is 1. The third-order valence-corrected chi connectivity index (χ3v) is 12.6. The molecule has 0 bridgehead atoms. The lowest BCUT2D eigenvalue weighted by molar-refractivity contribution is -0.143. The summed E-state index contributed by atoms with van der Waals surface area (Å²) in [5, 5.41) is 8.50. The lowest BCUT2D eigenvalue weighted by Crippen LogP contribution is -2.59. The van der Waals surface area contributed by atoms with Crippen molar-refractivity contribution in [3.63, 3.8) is 0 Å². The van der Waals surface area contributed by atoms with Gasteiger partial charge in [-0.3, -0.25) is 29.2 Å². The van der Waals surface area contributed by atoms with Crippen LogP contribution >= 0.6 is 11.3 Å². The van der Waals surface area contributed by atoms with Gasteiger partial charge in [-0.15, -0.1) is 11.3 Å². The highest BCUT2D eigenvalue weighted by Gasteiger charge is 2.38. The SMILES string of the molecule is CCn1c(-c2cccnc2C(C)OC)c(CC(C)(C)COC=O)c2cc(-c3csc(CC(NC(=O)C(C4CCCC4)N(C)C(C)=O)C(=O)N4CCCCN4)n3)ccc21. The maximum Gasteiger partial charge on any atom is 0.293 e. The van der Waals surface area contributed by atoms with E-state index in [2.05, 4.69) is 60.3 Å². The van der Waals surface area contributed by atoms with Crippen molar-refractivity contribution in [3.05, 3.63) is 58.2 Å². The fourth-order valence-electron chi connectivity index (χ4n) is 8.65. The molecular formula is C44H59N7O6S. The van der Waals surface area contributed by atoms with Crippen molar-refractivity contribution < 1.29 is 28.7 Å². The van der Waals surface area contributed by atoms with Gasteiger partial charge in [-0.05, 0) is 81.7 Å². The van der Waals surface area contributed by atoms with Crippen molar-refractivity contribution in [1.29, 1.82) is 0 Å². The number of hydrazine groups is 1. The van der Waals surface area contributed by atoms with Gasteiger partial charge < -0.3 is 24.3 Å². The molecule has 2 aliphatic rings. The second kappa shape index (κ2) is 18.9. The molecule has 0 radical (unpaired) electrons. The van der Waals surface area contributed by atoms with Crippen LogP contribution in [0.3, 0.4) is 0 Å². The number of aromatic nitrogens is 3. The molecule has 14 heteroatoms. The van der Waals surface area contributed by atoms with Gasteiger partial charge in [-0.25, -0.2) is 10.4 Å². The van der Waals surface area contributed by atoms with Crippen LogP contribution in [0, 0.1) is 11.3 Å². The van der Waals surface area contributed by atoms with E-state index in [9.17, 15) is 19.2 Å². The average molecular weight is 814 g/mol. The molecule has 4 heterocycles. The van der Waals surface area contributed by atoms with Crippen LogP contribution in [-0.4, -0.2) is 94.6 Å². The Hall–Kier alpha value is -4.66. The van der Waals surface area contributed by atoms with Gasteiger partial charge in [0.25, 0.3) is 12.4 Å². The van der Waals surface area contributed by atoms with Crippen LogP contribution in [0.1, 0.15) is 95.5 Å². The van der Waals surface area contributed by atoms with Crippen molar-refractivity contribution in [2.45, 2.75) is 111 Å². The highest BCUT2D eigenvalue weighted by Crippen LogP contribution is 2.42. The zero-order chi connectivity index (χ0) is 41.6. The van der Waals surface area contributed by atoms with Crippen molar-refractivity contribution in [2.75, 3.05) is 33.9 Å². The van der Waals surface area contributed by atoms with Crippen molar-refractivity contribution in [2.24, 2.45) is 11.3 Å². The van der Waals surface area contributed by atoms with Gasteiger partial charge in [-0.2, -0.15) is 0 Å². The van der Waals surface area contributed by atoms with E-state index in [0.29, 0.717) is 32.5 Å². The molecule has 3 atom stereocenters. The molecule has 3 unspecified atom stereocenters. The first-order valence-electron chi connectivity index (χ1n) is 20.6. The number of pyridine rings is 1. The summed E-state index contributed by atoms with van der Waals surface area (Å²) in [6, 6.07) is 8.92. The number of hydrogen-bond acceptors (Lipinski definition) is 10. The fraction of sp³-hybridized carbons (Fsp3) is 0.545.